The van der Waals surface area contributed by atoms with Gasteiger partial charge in [0.2, 0.25) is 0 Å². The fraction of sp³-hybridized carbons (Fsp3) is 1.00. The Morgan fingerprint density at radius 1 is 1.31 bits per heavy atom. The van der Waals surface area contributed by atoms with E-state index in [9.17, 15) is 5.11 Å². The van der Waals surface area contributed by atoms with Gasteiger partial charge < -0.3 is 15.5 Å². The van der Waals surface area contributed by atoms with Crippen molar-refractivity contribution in [2.75, 3.05) is 13.2 Å². The molecular formula is C13H27NO2. The van der Waals surface area contributed by atoms with Gasteiger partial charge in [0.25, 0.3) is 0 Å². The number of aliphatic hydroxyl groups is 2. The minimum atomic E-state index is -0.195. The molecule has 0 bridgehead atoms. The third kappa shape index (κ3) is 5.83. The fourth-order valence-corrected chi connectivity index (χ4v) is 2.55. The molecule has 16 heavy (non-hydrogen) atoms. The van der Waals surface area contributed by atoms with Crippen molar-refractivity contribution in [2.45, 2.75) is 64.0 Å². The Morgan fingerprint density at radius 3 is 2.62 bits per heavy atom. The zero-order valence-electron chi connectivity index (χ0n) is 10.5. The van der Waals surface area contributed by atoms with Crippen LogP contribution in [-0.2, 0) is 0 Å². The van der Waals surface area contributed by atoms with E-state index in [1.165, 1.54) is 25.7 Å². The van der Waals surface area contributed by atoms with Gasteiger partial charge in [-0.1, -0.05) is 25.7 Å². The summed E-state index contributed by atoms with van der Waals surface area (Å²) in [5.74, 6) is 0.754. The Morgan fingerprint density at radius 2 is 2.00 bits per heavy atom. The van der Waals surface area contributed by atoms with Gasteiger partial charge in [-0.15, -0.1) is 0 Å². The first kappa shape index (κ1) is 13.9. The van der Waals surface area contributed by atoms with Gasteiger partial charge in [-0.2, -0.15) is 0 Å². The second kappa shape index (κ2) is 8.04. The van der Waals surface area contributed by atoms with Crippen molar-refractivity contribution < 1.29 is 10.2 Å². The lowest BCUT2D eigenvalue weighted by molar-refractivity contribution is 0.136. The predicted molar refractivity (Wildman–Crippen MR) is 66.4 cm³/mol. The number of nitrogens with one attached hydrogen (secondary N) is 1. The van der Waals surface area contributed by atoms with Gasteiger partial charge in [-0.25, -0.2) is 0 Å². The molecule has 0 aromatic rings. The van der Waals surface area contributed by atoms with Crippen LogP contribution in [0, 0.1) is 5.92 Å². The second-order valence-electron chi connectivity index (χ2n) is 5.22. The van der Waals surface area contributed by atoms with Crippen LogP contribution in [0.1, 0.15) is 51.9 Å². The van der Waals surface area contributed by atoms with Crippen LogP contribution in [-0.4, -0.2) is 35.5 Å². The molecule has 0 aromatic carbocycles. The number of hydrogen-bond donors (Lipinski definition) is 3. The minimum Gasteiger partial charge on any atom is -0.396 e. The molecule has 3 N–H and O–H groups in total. The van der Waals surface area contributed by atoms with Gasteiger partial charge in [0, 0.05) is 19.2 Å². The van der Waals surface area contributed by atoms with Crippen LogP contribution in [0.15, 0.2) is 0 Å². The molecule has 1 rings (SSSR count). The van der Waals surface area contributed by atoms with Crippen molar-refractivity contribution in [3.63, 3.8) is 0 Å². The van der Waals surface area contributed by atoms with Crippen molar-refractivity contribution in [1.82, 2.24) is 5.32 Å². The Bertz CT molecular complexity index is 169. The number of rotatable bonds is 8. The van der Waals surface area contributed by atoms with Crippen LogP contribution in [0.5, 0.6) is 0 Å². The Kier molecular flexibility index (Phi) is 7.01. The molecule has 0 aliphatic heterocycles. The number of aliphatic hydroxyl groups excluding tert-OH is 2. The summed E-state index contributed by atoms with van der Waals surface area (Å²) in [7, 11) is 0. The smallest absolute Gasteiger partial charge is 0.0667 e. The van der Waals surface area contributed by atoms with Crippen molar-refractivity contribution in [3.05, 3.63) is 0 Å². The van der Waals surface area contributed by atoms with E-state index in [2.05, 4.69) is 12.2 Å². The third-order valence-electron chi connectivity index (χ3n) is 3.58. The average molecular weight is 229 g/mol. The molecule has 0 amide bonds. The summed E-state index contributed by atoms with van der Waals surface area (Å²) in [5.41, 5.74) is 0. The summed E-state index contributed by atoms with van der Waals surface area (Å²) in [5, 5.41) is 21.9. The summed E-state index contributed by atoms with van der Waals surface area (Å²) in [4.78, 5) is 0. The fourth-order valence-electron chi connectivity index (χ4n) is 2.55. The van der Waals surface area contributed by atoms with Crippen molar-refractivity contribution in [3.8, 4) is 0 Å². The minimum absolute atomic E-state index is 0.195. The van der Waals surface area contributed by atoms with Crippen molar-refractivity contribution in [1.29, 1.82) is 0 Å². The molecule has 3 heteroatoms. The Hall–Kier alpha value is -0.120. The lowest BCUT2D eigenvalue weighted by atomic mass is 10.00. The maximum atomic E-state index is 9.87. The Labute approximate surface area is 99.3 Å². The highest BCUT2D eigenvalue weighted by Crippen LogP contribution is 2.28. The quantitative estimate of drug-likeness (QED) is 0.593. The molecule has 2 atom stereocenters. The van der Waals surface area contributed by atoms with Crippen LogP contribution in [0.3, 0.4) is 0 Å². The molecule has 1 fully saturated rings. The molecule has 1 aliphatic rings. The SMILES string of the molecule is CC(CCCO)NCC(O)CC1CCCC1. The first-order valence-electron chi connectivity index (χ1n) is 6.74. The van der Waals surface area contributed by atoms with E-state index in [1.807, 2.05) is 0 Å². The lowest BCUT2D eigenvalue weighted by Gasteiger charge is -2.19. The molecule has 2 unspecified atom stereocenters. The van der Waals surface area contributed by atoms with E-state index >= 15 is 0 Å². The summed E-state index contributed by atoms with van der Waals surface area (Å²) in [6, 6.07) is 0.394. The first-order chi connectivity index (χ1) is 7.72. The van der Waals surface area contributed by atoms with Crippen LogP contribution in [0.4, 0.5) is 0 Å². The second-order valence-corrected chi connectivity index (χ2v) is 5.22. The molecular weight excluding hydrogens is 202 g/mol. The normalized spacial score (nSPS) is 21.2. The standard InChI is InChI=1S/C13H27NO2/c1-11(5-4-8-15)14-10-13(16)9-12-6-2-3-7-12/h11-16H,2-10H2,1H3. The van der Waals surface area contributed by atoms with Crippen LogP contribution in [0.25, 0.3) is 0 Å². The highest BCUT2D eigenvalue weighted by atomic mass is 16.3. The highest BCUT2D eigenvalue weighted by molar-refractivity contribution is 4.73. The van der Waals surface area contributed by atoms with E-state index < -0.39 is 0 Å². The van der Waals surface area contributed by atoms with E-state index in [1.54, 1.807) is 0 Å². The van der Waals surface area contributed by atoms with Crippen LogP contribution >= 0.6 is 0 Å². The van der Waals surface area contributed by atoms with E-state index in [4.69, 9.17) is 5.11 Å². The van der Waals surface area contributed by atoms with E-state index in [0.717, 1.165) is 25.2 Å². The first-order valence-corrected chi connectivity index (χ1v) is 6.74. The van der Waals surface area contributed by atoms with Crippen molar-refractivity contribution in [2.24, 2.45) is 5.92 Å². The lowest BCUT2D eigenvalue weighted by Crippen LogP contribution is -2.34. The summed E-state index contributed by atoms with van der Waals surface area (Å²) in [6.07, 6.45) is 7.88. The molecule has 0 spiro atoms. The highest BCUT2D eigenvalue weighted by Gasteiger charge is 2.18. The summed E-state index contributed by atoms with van der Waals surface area (Å²) in [6.45, 7) is 3.07. The molecule has 1 saturated carbocycles. The van der Waals surface area contributed by atoms with Gasteiger partial charge in [0.15, 0.2) is 0 Å². The maximum Gasteiger partial charge on any atom is 0.0667 e. The molecule has 0 heterocycles. The Balaban J connectivity index is 2.02. The predicted octanol–water partition coefficient (Wildman–Crippen LogP) is 1.68. The van der Waals surface area contributed by atoms with Gasteiger partial charge >= 0.3 is 0 Å². The molecule has 0 saturated heterocycles. The van der Waals surface area contributed by atoms with Crippen LogP contribution < -0.4 is 5.32 Å². The zero-order valence-corrected chi connectivity index (χ0v) is 10.5. The molecule has 3 nitrogen and oxygen atoms in total. The van der Waals surface area contributed by atoms with Gasteiger partial charge in [0.05, 0.1) is 6.10 Å². The van der Waals surface area contributed by atoms with Crippen molar-refractivity contribution >= 4 is 0 Å². The molecule has 0 radical (unpaired) electrons. The third-order valence-corrected chi connectivity index (χ3v) is 3.58. The van der Waals surface area contributed by atoms with Crippen LogP contribution in [0.2, 0.25) is 0 Å². The number of hydrogen-bond acceptors (Lipinski definition) is 3. The van der Waals surface area contributed by atoms with Gasteiger partial charge in [0.1, 0.15) is 0 Å². The van der Waals surface area contributed by atoms with Gasteiger partial charge in [-0.05, 0) is 32.1 Å². The monoisotopic (exact) mass is 229 g/mol. The maximum absolute atomic E-state index is 9.87. The average Bonchev–Trinajstić information content (AvgIpc) is 2.76. The topological polar surface area (TPSA) is 52.5 Å². The summed E-state index contributed by atoms with van der Waals surface area (Å²) >= 11 is 0. The molecule has 96 valence electrons. The zero-order chi connectivity index (χ0) is 11.8. The summed E-state index contributed by atoms with van der Waals surface area (Å²) < 4.78 is 0. The molecule has 1 aliphatic carbocycles. The van der Waals surface area contributed by atoms with Gasteiger partial charge in [-0.3, -0.25) is 0 Å². The van der Waals surface area contributed by atoms with E-state index in [0.29, 0.717) is 12.6 Å². The molecule has 0 aromatic heterocycles. The van der Waals surface area contributed by atoms with E-state index in [-0.39, 0.29) is 12.7 Å². The largest absolute Gasteiger partial charge is 0.396 e.